The second kappa shape index (κ2) is 5.44. The minimum absolute atomic E-state index is 0.161. The Hall–Kier alpha value is -0.360. The maximum Gasteiger partial charge on any atom is 0.138 e. The molecule has 1 aliphatic rings. The standard InChI is InChI=1S/C15H17ClFIN2/c1-3-4-9-5-13(9)20-14-6-10(17)11(18)7-12(14)19-15(20)8(2)16/h6-9,13H,3-5H2,1-2H3. The van der Waals surface area contributed by atoms with E-state index in [9.17, 15) is 4.39 Å². The Labute approximate surface area is 136 Å². The van der Waals surface area contributed by atoms with Gasteiger partial charge >= 0.3 is 0 Å². The highest BCUT2D eigenvalue weighted by Crippen LogP contribution is 2.49. The first kappa shape index (κ1) is 14.6. The van der Waals surface area contributed by atoms with Gasteiger partial charge in [-0.25, -0.2) is 9.37 Å². The van der Waals surface area contributed by atoms with Crippen LogP contribution in [-0.4, -0.2) is 9.55 Å². The lowest BCUT2D eigenvalue weighted by atomic mass is 10.2. The van der Waals surface area contributed by atoms with Crippen LogP contribution in [-0.2, 0) is 0 Å². The minimum atomic E-state index is -0.180. The van der Waals surface area contributed by atoms with Gasteiger partial charge in [0.05, 0.1) is 20.0 Å². The molecule has 1 saturated carbocycles. The van der Waals surface area contributed by atoms with E-state index in [1.54, 1.807) is 6.07 Å². The van der Waals surface area contributed by atoms with Gasteiger partial charge < -0.3 is 4.57 Å². The molecule has 2 aromatic rings. The molecule has 1 aromatic carbocycles. The zero-order valence-corrected chi connectivity index (χ0v) is 14.4. The van der Waals surface area contributed by atoms with Crippen LogP contribution >= 0.6 is 34.2 Å². The number of nitrogens with zero attached hydrogens (tertiary/aromatic N) is 2. The van der Waals surface area contributed by atoms with Gasteiger partial charge in [-0.15, -0.1) is 11.6 Å². The van der Waals surface area contributed by atoms with E-state index in [1.165, 1.54) is 12.8 Å². The first-order valence-corrected chi connectivity index (χ1v) is 8.55. The van der Waals surface area contributed by atoms with Gasteiger partial charge in [0.2, 0.25) is 0 Å². The van der Waals surface area contributed by atoms with Gasteiger partial charge in [-0.2, -0.15) is 0 Å². The topological polar surface area (TPSA) is 17.8 Å². The minimum Gasteiger partial charge on any atom is -0.323 e. The molecule has 3 rings (SSSR count). The summed E-state index contributed by atoms with van der Waals surface area (Å²) < 4.78 is 16.7. The zero-order valence-electron chi connectivity index (χ0n) is 11.5. The number of halogens is 3. The van der Waals surface area contributed by atoms with E-state index < -0.39 is 0 Å². The molecule has 0 N–H and O–H groups in total. The fourth-order valence-electron chi connectivity index (χ4n) is 2.97. The first-order chi connectivity index (χ1) is 9.52. The van der Waals surface area contributed by atoms with Crippen molar-refractivity contribution in [2.24, 2.45) is 5.92 Å². The lowest BCUT2D eigenvalue weighted by Gasteiger charge is -2.10. The van der Waals surface area contributed by atoms with Crippen LogP contribution in [0.15, 0.2) is 12.1 Å². The molecule has 0 radical (unpaired) electrons. The van der Waals surface area contributed by atoms with E-state index in [2.05, 4.69) is 16.5 Å². The van der Waals surface area contributed by atoms with Crippen LogP contribution in [0.4, 0.5) is 4.39 Å². The summed E-state index contributed by atoms with van der Waals surface area (Å²) >= 11 is 8.28. The smallest absolute Gasteiger partial charge is 0.138 e. The molecule has 3 atom stereocenters. The highest BCUT2D eigenvalue weighted by molar-refractivity contribution is 14.1. The number of imidazole rings is 1. The van der Waals surface area contributed by atoms with Crippen molar-refractivity contribution in [1.29, 1.82) is 0 Å². The van der Waals surface area contributed by atoms with Crippen molar-refractivity contribution in [3.05, 3.63) is 27.3 Å². The fourth-order valence-corrected chi connectivity index (χ4v) is 3.57. The lowest BCUT2D eigenvalue weighted by Crippen LogP contribution is -2.04. The molecular formula is C15H17ClFIN2. The maximum absolute atomic E-state index is 13.9. The van der Waals surface area contributed by atoms with E-state index in [0.717, 1.165) is 23.3 Å². The van der Waals surface area contributed by atoms with Crippen LogP contribution in [0.25, 0.3) is 11.0 Å². The summed E-state index contributed by atoms with van der Waals surface area (Å²) in [5, 5.41) is -0.161. The van der Waals surface area contributed by atoms with E-state index >= 15 is 0 Å². The third kappa shape index (κ3) is 2.45. The number of rotatable bonds is 4. The normalized spacial score (nSPS) is 23.2. The van der Waals surface area contributed by atoms with E-state index in [1.807, 2.05) is 35.6 Å². The van der Waals surface area contributed by atoms with Gasteiger partial charge in [0.25, 0.3) is 0 Å². The predicted octanol–water partition coefficient (Wildman–Crippen LogP) is 5.44. The third-order valence-corrected chi connectivity index (χ3v) is 5.01. The Balaban J connectivity index is 2.12. The molecule has 0 spiro atoms. The second-order valence-corrected chi connectivity index (χ2v) is 7.38. The molecule has 1 heterocycles. The number of hydrogen-bond acceptors (Lipinski definition) is 1. The molecule has 20 heavy (non-hydrogen) atoms. The highest BCUT2D eigenvalue weighted by Gasteiger charge is 2.40. The SMILES string of the molecule is CCCC1CC1n1c(C(C)Cl)nc2cc(I)c(F)cc21. The van der Waals surface area contributed by atoms with Gasteiger partial charge in [-0.1, -0.05) is 13.3 Å². The van der Waals surface area contributed by atoms with Crippen LogP contribution in [0.2, 0.25) is 0 Å². The molecular weight excluding hydrogens is 390 g/mol. The summed E-state index contributed by atoms with van der Waals surface area (Å²) in [7, 11) is 0. The van der Waals surface area contributed by atoms with Crippen molar-refractivity contribution >= 4 is 45.2 Å². The van der Waals surface area contributed by atoms with Crippen molar-refractivity contribution in [2.45, 2.75) is 44.5 Å². The summed E-state index contributed by atoms with van der Waals surface area (Å²) in [6.07, 6.45) is 3.56. The number of alkyl halides is 1. The quantitative estimate of drug-likeness (QED) is 0.488. The number of benzene rings is 1. The van der Waals surface area contributed by atoms with Crippen LogP contribution in [0, 0.1) is 15.3 Å². The van der Waals surface area contributed by atoms with Crippen molar-refractivity contribution in [3.8, 4) is 0 Å². The molecule has 0 saturated heterocycles. The largest absolute Gasteiger partial charge is 0.323 e. The Morgan fingerprint density at radius 2 is 2.30 bits per heavy atom. The molecule has 5 heteroatoms. The van der Waals surface area contributed by atoms with Gasteiger partial charge in [0, 0.05) is 12.1 Å². The zero-order chi connectivity index (χ0) is 14.4. The first-order valence-electron chi connectivity index (χ1n) is 7.03. The molecule has 0 bridgehead atoms. The van der Waals surface area contributed by atoms with Crippen LogP contribution in [0.3, 0.4) is 0 Å². The summed E-state index contributed by atoms with van der Waals surface area (Å²) in [4.78, 5) is 4.63. The molecule has 1 fully saturated rings. The molecule has 0 amide bonds. The number of hydrogen-bond donors (Lipinski definition) is 0. The maximum atomic E-state index is 13.9. The summed E-state index contributed by atoms with van der Waals surface area (Å²) in [6, 6.07) is 3.85. The van der Waals surface area contributed by atoms with Gasteiger partial charge in [0.15, 0.2) is 0 Å². The average Bonchev–Trinajstić information content (AvgIpc) is 3.04. The van der Waals surface area contributed by atoms with E-state index in [-0.39, 0.29) is 11.2 Å². The van der Waals surface area contributed by atoms with Crippen molar-refractivity contribution in [1.82, 2.24) is 9.55 Å². The number of fused-ring (bicyclic) bond motifs is 1. The van der Waals surface area contributed by atoms with E-state index in [0.29, 0.717) is 15.5 Å². The highest BCUT2D eigenvalue weighted by atomic mass is 127. The molecule has 1 aliphatic carbocycles. The molecule has 1 aromatic heterocycles. The summed E-state index contributed by atoms with van der Waals surface area (Å²) in [6.45, 7) is 4.13. The van der Waals surface area contributed by atoms with Crippen LogP contribution in [0.1, 0.15) is 50.4 Å². The Kier molecular flexibility index (Phi) is 3.97. The lowest BCUT2D eigenvalue weighted by molar-refractivity contribution is 0.594. The molecule has 0 aliphatic heterocycles. The summed E-state index contributed by atoms with van der Waals surface area (Å²) in [5.41, 5.74) is 1.73. The Morgan fingerprint density at radius 3 is 2.95 bits per heavy atom. The van der Waals surface area contributed by atoms with Crippen LogP contribution in [0.5, 0.6) is 0 Å². The summed E-state index contributed by atoms with van der Waals surface area (Å²) in [5.74, 6) is 1.38. The molecule has 2 nitrogen and oxygen atoms in total. The third-order valence-electron chi connectivity index (χ3n) is 3.99. The predicted molar refractivity (Wildman–Crippen MR) is 88.7 cm³/mol. The second-order valence-electron chi connectivity index (χ2n) is 5.56. The van der Waals surface area contributed by atoms with Crippen molar-refractivity contribution < 1.29 is 4.39 Å². The van der Waals surface area contributed by atoms with Crippen molar-refractivity contribution in [2.75, 3.05) is 0 Å². The van der Waals surface area contributed by atoms with Crippen LogP contribution < -0.4 is 0 Å². The average molecular weight is 407 g/mol. The van der Waals surface area contributed by atoms with Gasteiger partial charge in [-0.05, 0) is 54.3 Å². The molecule has 108 valence electrons. The van der Waals surface area contributed by atoms with Gasteiger partial charge in [-0.3, -0.25) is 0 Å². The van der Waals surface area contributed by atoms with E-state index in [4.69, 9.17) is 11.6 Å². The fraction of sp³-hybridized carbons (Fsp3) is 0.533. The Bertz CT molecular complexity index is 653. The van der Waals surface area contributed by atoms with Gasteiger partial charge in [0.1, 0.15) is 11.6 Å². The Morgan fingerprint density at radius 1 is 1.55 bits per heavy atom. The van der Waals surface area contributed by atoms with Crippen molar-refractivity contribution in [3.63, 3.8) is 0 Å². The number of aromatic nitrogens is 2. The molecule has 3 unspecified atom stereocenters. The monoisotopic (exact) mass is 406 g/mol.